The van der Waals surface area contributed by atoms with Gasteiger partial charge in [-0.15, -0.1) is 0 Å². The fourth-order valence-corrected chi connectivity index (χ4v) is 1.28. The number of nitrogens with one attached hydrogen (secondary N) is 1. The van der Waals surface area contributed by atoms with Crippen molar-refractivity contribution in [2.24, 2.45) is 5.73 Å². The van der Waals surface area contributed by atoms with E-state index in [2.05, 4.69) is 24.4 Å². The van der Waals surface area contributed by atoms with Crippen LogP contribution < -0.4 is 11.1 Å². The molecule has 72 valence electrons. The topological polar surface area (TPSA) is 38.0 Å². The van der Waals surface area contributed by atoms with Crippen molar-refractivity contribution in [2.75, 3.05) is 7.05 Å². The van der Waals surface area contributed by atoms with Crippen molar-refractivity contribution < 1.29 is 0 Å². The lowest BCUT2D eigenvalue weighted by Crippen LogP contribution is -2.42. The molecule has 0 heterocycles. The highest BCUT2D eigenvalue weighted by Crippen LogP contribution is 2.03. The van der Waals surface area contributed by atoms with Gasteiger partial charge in [0.25, 0.3) is 0 Å². The van der Waals surface area contributed by atoms with Gasteiger partial charge >= 0.3 is 0 Å². The molecule has 3 N–H and O–H groups in total. The summed E-state index contributed by atoms with van der Waals surface area (Å²) in [6, 6.07) is 10.9. The van der Waals surface area contributed by atoms with E-state index in [0.717, 1.165) is 6.42 Å². The fourth-order valence-electron chi connectivity index (χ4n) is 1.28. The molecule has 0 saturated carbocycles. The Labute approximate surface area is 80.1 Å². The number of benzene rings is 1. The van der Waals surface area contributed by atoms with Gasteiger partial charge in [0.2, 0.25) is 0 Å². The van der Waals surface area contributed by atoms with Crippen LogP contribution in [0.3, 0.4) is 0 Å². The molecule has 0 aliphatic heterocycles. The molecule has 1 aromatic carbocycles. The fraction of sp³-hybridized carbons (Fsp3) is 0.455. The third kappa shape index (κ3) is 3.17. The normalized spacial score (nSPS) is 15.3. The molecule has 2 nitrogen and oxygen atoms in total. The standard InChI is InChI=1S/C11H18N2/c1-9(13-2)11(12)8-10-6-4-3-5-7-10/h3-7,9,11,13H,8,12H2,1-2H3. The summed E-state index contributed by atoms with van der Waals surface area (Å²) in [5.41, 5.74) is 7.30. The van der Waals surface area contributed by atoms with E-state index in [1.54, 1.807) is 0 Å². The molecule has 2 unspecified atom stereocenters. The van der Waals surface area contributed by atoms with Crippen molar-refractivity contribution in [3.8, 4) is 0 Å². The Balaban J connectivity index is 2.50. The van der Waals surface area contributed by atoms with E-state index >= 15 is 0 Å². The molecule has 0 amide bonds. The summed E-state index contributed by atoms with van der Waals surface area (Å²) < 4.78 is 0. The summed E-state index contributed by atoms with van der Waals surface area (Å²) in [5, 5.41) is 3.16. The van der Waals surface area contributed by atoms with E-state index in [1.807, 2.05) is 25.2 Å². The van der Waals surface area contributed by atoms with Crippen LogP contribution in [0, 0.1) is 0 Å². The molecule has 2 heteroatoms. The molecular formula is C11H18N2. The van der Waals surface area contributed by atoms with Crippen LogP contribution in [0.15, 0.2) is 30.3 Å². The van der Waals surface area contributed by atoms with Crippen molar-refractivity contribution >= 4 is 0 Å². The van der Waals surface area contributed by atoms with E-state index in [0.29, 0.717) is 6.04 Å². The minimum absolute atomic E-state index is 0.187. The number of likely N-dealkylation sites (N-methyl/N-ethyl adjacent to an activating group) is 1. The highest BCUT2D eigenvalue weighted by atomic mass is 14.9. The van der Waals surface area contributed by atoms with Crippen molar-refractivity contribution in [1.82, 2.24) is 5.32 Å². The molecule has 2 atom stereocenters. The summed E-state index contributed by atoms with van der Waals surface area (Å²) in [5.74, 6) is 0. The summed E-state index contributed by atoms with van der Waals surface area (Å²) in [7, 11) is 1.94. The van der Waals surface area contributed by atoms with Crippen molar-refractivity contribution in [3.63, 3.8) is 0 Å². The molecule has 0 fully saturated rings. The van der Waals surface area contributed by atoms with E-state index in [9.17, 15) is 0 Å². The zero-order chi connectivity index (χ0) is 9.68. The monoisotopic (exact) mass is 178 g/mol. The minimum Gasteiger partial charge on any atom is -0.326 e. The Hall–Kier alpha value is -0.860. The van der Waals surface area contributed by atoms with E-state index in [-0.39, 0.29) is 6.04 Å². The maximum atomic E-state index is 6.00. The van der Waals surface area contributed by atoms with E-state index in [1.165, 1.54) is 5.56 Å². The Morgan fingerprint density at radius 1 is 1.31 bits per heavy atom. The van der Waals surface area contributed by atoms with Crippen molar-refractivity contribution in [1.29, 1.82) is 0 Å². The number of rotatable bonds is 4. The molecule has 1 rings (SSSR count). The number of hydrogen-bond acceptors (Lipinski definition) is 2. The first-order chi connectivity index (χ1) is 6.24. The molecule has 0 saturated heterocycles. The second-order valence-electron chi connectivity index (χ2n) is 3.43. The van der Waals surface area contributed by atoms with Crippen LogP contribution in [0.2, 0.25) is 0 Å². The maximum absolute atomic E-state index is 6.00. The molecular weight excluding hydrogens is 160 g/mol. The third-order valence-corrected chi connectivity index (χ3v) is 2.41. The summed E-state index contributed by atoms with van der Waals surface area (Å²) >= 11 is 0. The molecule has 0 aromatic heterocycles. The largest absolute Gasteiger partial charge is 0.326 e. The van der Waals surface area contributed by atoms with Gasteiger partial charge in [0.15, 0.2) is 0 Å². The predicted molar refractivity (Wildman–Crippen MR) is 56.6 cm³/mol. The lowest BCUT2D eigenvalue weighted by atomic mass is 10.0. The SMILES string of the molecule is CNC(C)C(N)Cc1ccccc1. The Bertz CT molecular complexity index is 233. The van der Waals surface area contributed by atoms with Crippen molar-refractivity contribution in [3.05, 3.63) is 35.9 Å². The average Bonchev–Trinajstić information content (AvgIpc) is 2.18. The maximum Gasteiger partial charge on any atom is 0.0232 e. The Morgan fingerprint density at radius 3 is 2.46 bits per heavy atom. The first kappa shape index (κ1) is 10.2. The van der Waals surface area contributed by atoms with Gasteiger partial charge in [-0.3, -0.25) is 0 Å². The van der Waals surface area contributed by atoms with Gasteiger partial charge in [-0.25, -0.2) is 0 Å². The van der Waals surface area contributed by atoms with Gasteiger partial charge in [0.05, 0.1) is 0 Å². The van der Waals surface area contributed by atoms with Gasteiger partial charge < -0.3 is 11.1 Å². The van der Waals surface area contributed by atoms with E-state index in [4.69, 9.17) is 5.73 Å². The van der Waals surface area contributed by atoms with Crippen LogP contribution >= 0.6 is 0 Å². The second-order valence-corrected chi connectivity index (χ2v) is 3.43. The second kappa shape index (κ2) is 5.00. The van der Waals surface area contributed by atoms with Crippen LogP contribution in [-0.2, 0) is 6.42 Å². The summed E-state index contributed by atoms with van der Waals surface area (Å²) in [6.45, 7) is 2.10. The first-order valence-corrected chi connectivity index (χ1v) is 4.71. The van der Waals surface area contributed by atoms with Crippen LogP contribution in [-0.4, -0.2) is 19.1 Å². The van der Waals surface area contributed by atoms with Gasteiger partial charge in [0.1, 0.15) is 0 Å². The summed E-state index contributed by atoms with van der Waals surface area (Å²) in [4.78, 5) is 0. The molecule has 0 radical (unpaired) electrons. The van der Waals surface area contributed by atoms with Crippen LogP contribution in [0.25, 0.3) is 0 Å². The molecule has 13 heavy (non-hydrogen) atoms. The number of hydrogen-bond donors (Lipinski definition) is 2. The Morgan fingerprint density at radius 2 is 1.92 bits per heavy atom. The van der Waals surface area contributed by atoms with E-state index < -0.39 is 0 Å². The molecule has 0 bridgehead atoms. The molecule has 0 aliphatic rings. The van der Waals surface area contributed by atoms with Gasteiger partial charge in [0, 0.05) is 12.1 Å². The first-order valence-electron chi connectivity index (χ1n) is 4.71. The van der Waals surface area contributed by atoms with Gasteiger partial charge in [-0.2, -0.15) is 0 Å². The zero-order valence-electron chi connectivity index (χ0n) is 8.33. The van der Waals surface area contributed by atoms with Gasteiger partial charge in [-0.1, -0.05) is 30.3 Å². The van der Waals surface area contributed by atoms with Crippen LogP contribution in [0.4, 0.5) is 0 Å². The molecule has 1 aromatic rings. The molecule has 0 aliphatic carbocycles. The highest BCUT2D eigenvalue weighted by molar-refractivity contribution is 5.16. The number of nitrogens with two attached hydrogens (primary N) is 1. The zero-order valence-corrected chi connectivity index (χ0v) is 8.33. The van der Waals surface area contributed by atoms with Crippen LogP contribution in [0.1, 0.15) is 12.5 Å². The summed E-state index contributed by atoms with van der Waals surface area (Å²) in [6.07, 6.45) is 0.933. The predicted octanol–water partition coefficient (Wildman–Crippen LogP) is 1.16. The van der Waals surface area contributed by atoms with Crippen molar-refractivity contribution in [2.45, 2.75) is 25.4 Å². The highest BCUT2D eigenvalue weighted by Gasteiger charge is 2.10. The van der Waals surface area contributed by atoms with Crippen LogP contribution in [0.5, 0.6) is 0 Å². The lowest BCUT2D eigenvalue weighted by molar-refractivity contribution is 0.488. The average molecular weight is 178 g/mol. The third-order valence-electron chi connectivity index (χ3n) is 2.41. The quantitative estimate of drug-likeness (QED) is 0.726. The minimum atomic E-state index is 0.187. The molecule has 0 spiro atoms. The van der Waals surface area contributed by atoms with Gasteiger partial charge in [-0.05, 0) is 26.0 Å². The smallest absolute Gasteiger partial charge is 0.0232 e. The lowest BCUT2D eigenvalue weighted by Gasteiger charge is -2.18. The Kier molecular flexibility index (Phi) is 3.93.